The molecule has 6 N–H and O–H groups in total. The third-order valence-corrected chi connectivity index (χ3v) is 14.6. The van der Waals surface area contributed by atoms with Crippen LogP contribution in [0.5, 0.6) is 0 Å². The van der Waals surface area contributed by atoms with Crippen molar-refractivity contribution >= 4 is 24.0 Å². The number of carbonyl (C=O) groups excluding carboxylic acids is 2. The van der Waals surface area contributed by atoms with Gasteiger partial charge in [0.1, 0.15) is 23.2 Å². The Balaban J connectivity index is 0.833. The Morgan fingerprint density at radius 1 is 0.781 bits per heavy atom. The van der Waals surface area contributed by atoms with Gasteiger partial charge >= 0.3 is 12.2 Å². The molecule has 0 spiro atoms. The molecule has 6 heterocycles. The summed E-state index contributed by atoms with van der Waals surface area (Å²) in [5.74, 6) is 8.04. The zero-order chi connectivity index (χ0) is 44.3. The van der Waals surface area contributed by atoms with Crippen LogP contribution in [0.2, 0.25) is 0 Å². The molecule has 4 unspecified atom stereocenters. The second-order valence-electron chi connectivity index (χ2n) is 18.8. The van der Waals surface area contributed by atoms with Gasteiger partial charge in [0, 0.05) is 54.2 Å². The molecule has 6 fully saturated rings. The Labute approximate surface area is 370 Å². The van der Waals surface area contributed by atoms with E-state index in [4.69, 9.17) is 19.4 Å². The fourth-order valence-electron chi connectivity index (χ4n) is 11.1. The van der Waals surface area contributed by atoms with Gasteiger partial charge in [0.15, 0.2) is 0 Å². The minimum absolute atomic E-state index is 0.0622. The van der Waals surface area contributed by atoms with Crippen LogP contribution in [0.1, 0.15) is 100 Å². The van der Waals surface area contributed by atoms with E-state index in [1.54, 1.807) is 19.3 Å². The summed E-state index contributed by atoms with van der Waals surface area (Å²) in [5, 5.41) is 24.7. The molecule has 6 aliphatic rings. The van der Waals surface area contributed by atoms with Crippen LogP contribution in [0, 0.1) is 35.5 Å². The van der Waals surface area contributed by atoms with Gasteiger partial charge in [-0.1, -0.05) is 36.1 Å². The number of benzene rings is 2. The van der Waals surface area contributed by atoms with Crippen molar-refractivity contribution in [3.8, 4) is 34.4 Å². The number of amides is 4. The number of nitrogens with one attached hydrogen (secondary N) is 4. The highest BCUT2D eigenvalue weighted by Crippen LogP contribution is 2.55. The highest BCUT2D eigenvalue weighted by Gasteiger charge is 2.60. The van der Waals surface area contributed by atoms with E-state index in [-0.39, 0.29) is 53.9 Å². The first-order valence-corrected chi connectivity index (χ1v) is 22.6. The van der Waals surface area contributed by atoms with Crippen molar-refractivity contribution in [2.75, 3.05) is 19.8 Å². The average molecular weight is 871 g/mol. The number of piperidine rings is 2. The molecular weight excluding hydrogens is 817 g/mol. The Hall–Kier alpha value is -6.18. The second kappa shape index (κ2) is 16.7. The van der Waals surface area contributed by atoms with E-state index in [1.165, 1.54) is 0 Å². The number of ether oxygens (including phenoxy) is 2. The molecule has 4 amide bonds. The van der Waals surface area contributed by atoms with Gasteiger partial charge in [-0.2, -0.15) is 0 Å². The summed E-state index contributed by atoms with van der Waals surface area (Å²) in [6.07, 6.45) is 6.91. The van der Waals surface area contributed by atoms with Crippen LogP contribution in [0.4, 0.5) is 9.59 Å². The number of fused-ring (bicyclic) bond motifs is 2. The van der Waals surface area contributed by atoms with E-state index in [1.807, 2.05) is 65.3 Å². The van der Waals surface area contributed by atoms with Gasteiger partial charge in [0.05, 0.1) is 42.0 Å². The number of carboxylic acid groups (broad SMARTS) is 2. The van der Waals surface area contributed by atoms with E-state index in [9.17, 15) is 29.4 Å². The zero-order valence-electron chi connectivity index (χ0n) is 36.0. The van der Waals surface area contributed by atoms with Gasteiger partial charge in [-0.3, -0.25) is 9.59 Å². The van der Waals surface area contributed by atoms with Crippen LogP contribution >= 0.6 is 0 Å². The van der Waals surface area contributed by atoms with Crippen molar-refractivity contribution in [2.45, 2.75) is 107 Å². The summed E-state index contributed by atoms with van der Waals surface area (Å²) in [6, 6.07) is 14.6. The van der Waals surface area contributed by atoms with Crippen LogP contribution in [-0.4, -0.2) is 114 Å². The molecule has 2 aliphatic carbocycles. The standard InChI is InChI=1S/C48H54N8O8/c1-26-17-34(13-16-64-26)48(2,54-47(61)62)45(58)56-38-21-33(38)23-40(56)43-50-25-36(52-43)31-8-4-6-28(19-31)10-9-27-5-3-7-30(18-27)35-24-49-42(51-35)39-22-32-20-37(32)55(39)44(57)41(53-46(59)60)29-11-14-63-15-12-29/h3-8,18-19,24-26,29,32-34,37-41,53-54H,11-17,20-23H2,1-2H3,(H,49,51)(H,50,52)(H,59,60)(H,61,62)/t26?,32-,33-,34?,37?,38?,39+,40+,41-,48-/m1/s1. The predicted octanol–water partition coefficient (Wildman–Crippen LogP) is 6.09. The number of aromatic nitrogens is 4. The normalized spacial score (nSPS) is 28.5. The van der Waals surface area contributed by atoms with E-state index < -0.39 is 23.8 Å². The Bertz CT molecular complexity index is 2520. The number of nitrogens with zero attached hydrogens (tertiary/aromatic N) is 4. The molecule has 4 aromatic rings. The summed E-state index contributed by atoms with van der Waals surface area (Å²) < 4.78 is 11.2. The summed E-state index contributed by atoms with van der Waals surface area (Å²) in [4.78, 5) is 72.7. The number of hydrogen-bond acceptors (Lipinski definition) is 8. The quantitative estimate of drug-likeness (QED) is 0.101. The number of H-pyrrole nitrogens is 2. The molecule has 2 saturated carbocycles. The summed E-state index contributed by atoms with van der Waals surface area (Å²) in [7, 11) is 0. The minimum atomic E-state index is -1.29. The molecule has 64 heavy (non-hydrogen) atoms. The highest BCUT2D eigenvalue weighted by atomic mass is 16.5. The zero-order valence-corrected chi connectivity index (χ0v) is 36.0. The average Bonchev–Trinajstić information content (AvgIpc) is 3.88. The molecule has 0 bridgehead atoms. The third-order valence-electron chi connectivity index (χ3n) is 14.6. The molecule has 2 aromatic heterocycles. The Morgan fingerprint density at radius 2 is 1.36 bits per heavy atom. The molecule has 4 aliphatic heterocycles. The second-order valence-corrected chi connectivity index (χ2v) is 18.8. The molecular formula is C48H54N8O8. The maximum absolute atomic E-state index is 14.5. The largest absolute Gasteiger partial charge is 0.465 e. The van der Waals surface area contributed by atoms with Crippen molar-refractivity contribution in [1.29, 1.82) is 0 Å². The Morgan fingerprint density at radius 3 is 1.92 bits per heavy atom. The SMILES string of the molecule is CC1CC([C@@](C)(NC(=O)O)C(=O)N2C3C[C@@H]3C[C@H]2c2ncc(-c3cccc(C#Cc4cccc(-c5cnc([C@@H]6C[C@H]7CC7N6C(=O)[C@H](NC(=O)O)C6CCOCC6)[nH]5)c4)c3)[nH]2)CCO1. The molecule has 16 heteroatoms. The summed E-state index contributed by atoms with van der Waals surface area (Å²) in [5.41, 5.74) is 3.72. The lowest BCUT2D eigenvalue weighted by Gasteiger charge is -2.43. The van der Waals surface area contributed by atoms with Crippen LogP contribution in [0.3, 0.4) is 0 Å². The van der Waals surface area contributed by atoms with Crippen molar-refractivity contribution in [2.24, 2.45) is 23.7 Å². The summed E-state index contributed by atoms with van der Waals surface area (Å²) >= 11 is 0. The number of likely N-dealkylation sites (tertiary alicyclic amines) is 2. The predicted molar refractivity (Wildman–Crippen MR) is 232 cm³/mol. The number of imidazole rings is 2. The molecule has 2 aromatic carbocycles. The van der Waals surface area contributed by atoms with Gasteiger partial charge in [0.2, 0.25) is 11.8 Å². The minimum Gasteiger partial charge on any atom is -0.465 e. The number of hydrogen-bond donors (Lipinski definition) is 6. The van der Waals surface area contributed by atoms with Crippen molar-refractivity contribution in [3.05, 3.63) is 83.7 Å². The summed E-state index contributed by atoms with van der Waals surface area (Å²) in [6.45, 7) is 5.20. The van der Waals surface area contributed by atoms with Crippen LogP contribution in [0.25, 0.3) is 22.5 Å². The van der Waals surface area contributed by atoms with E-state index >= 15 is 0 Å². The molecule has 10 atom stereocenters. The first-order valence-electron chi connectivity index (χ1n) is 22.6. The fraction of sp³-hybridized carbons (Fsp3) is 0.500. The number of carbonyl (C=O) groups is 4. The maximum atomic E-state index is 14.5. The fourth-order valence-corrected chi connectivity index (χ4v) is 11.1. The molecule has 0 radical (unpaired) electrons. The number of aromatic amines is 2. The molecule has 334 valence electrons. The highest BCUT2D eigenvalue weighted by molar-refractivity contribution is 5.91. The van der Waals surface area contributed by atoms with Gasteiger partial charge in [-0.05, 0) is 113 Å². The topological polar surface area (TPSA) is 215 Å². The van der Waals surface area contributed by atoms with Crippen molar-refractivity contribution in [1.82, 2.24) is 40.4 Å². The van der Waals surface area contributed by atoms with Crippen molar-refractivity contribution in [3.63, 3.8) is 0 Å². The first-order chi connectivity index (χ1) is 30.9. The van der Waals surface area contributed by atoms with E-state index in [0.29, 0.717) is 69.0 Å². The lowest BCUT2D eigenvalue weighted by Crippen LogP contribution is -2.63. The van der Waals surface area contributed by atoms with E-state index in [0.717, 1.165) is 59.3 Å². The number of rotatable bonds is 10. The smallest absolute Gasteiger partial charge is 0.405 e. The molecule has 16 nitrogen and oxygen atoms in total. The van der Waals surface area contributed by atoms with Gasteiger partial charge in [-0.25, -0.2) is 19.6 Å². The third kappa shape index (κ3) is 8.11. The van der Waals surface area contributed by atoms with Crippen molar-refractivity contribution < 1.29 is 38.9 Å². The molecule has 4 saturated heterocycles. The van der Waals surface area contributed by atoms with Gasteiger partial charge < -0.3 is 50.1 Å². The Kier molecular flexibility index (Phi) is 10.9. The lowest BCUT2D eigenvalue weighted by atomic mass is 9.77. The molecule has 10 rings (SSSR count). The lowest BCUT2D eigenvalue weighted by molar-refractivity contribution is -0.145. The monoisotopic (exact) mass is 870 g/mol. The van der Waals surface area contributed by atoms with Crippen LogP contribution in [0.15, 0.2) is 60.9 Å². The van der Waals surface area contributed by atoms with Gasteiger partial charge in [-0.15, -0.1) is 0 Å². The first kappa shape index (κ1) is 41.8. The van der Waals surface area contributed by atoms with Gasteiger partial charge in [0.25, 0.3) is 0 Å². The van der Waals surface area contributed by atoms with Crippen LogP contribution in [-0.2, 0) is 19.1 Å². The van der Waals surface area contributed by atoms with E-state index in [2.05, 4.69) is 32.4 Å². The van der Waals surface area contributed by atoms with Crippen LogP contribution < -0.4 is 10.6 Å². The maximum Gasteiger partial charge on any atom is 0.405 e.